The molecule has 0 unspecified atom stereocenters. The number of primary amides is 1. The molecule has 3 N–H and O–H groups in total. The number of amides is 2. The molecule has 2 amide bonds. The van der Waals surface area contributed by atoms with E-state index < -0.39 is 5.91 Å². The van der Waals surface area contributed by atoms with Gasteiger partial charge in [-0.1, -0.05) is 11.8 Å². The van der Waals surface area contributed by atoms with E-state index in [1.54, 1.807) is 24.3 Å². The maximum atomic E-state index is 12.1. The van der Waals surface area contributed by atoms with Gasteiger partial charge in [0.2, 0.25) is 11.8 Å². The summed E-state index contributed by atoms with van der Waals surface area (Å²) in [6.45, 7) is 3.75. The van der Waals surface area contributed by atoms with Gasteiger partial charge in [-0.15, -0.1) is 11.3 Å². The summed E-state index contributed by atoms with van der Waals surface area (Å²) in [5, 5.41) is 4.50. The van der Waals surface area contributed by atoms with Crippen LogP contribution in [0.3, 0.4) is 0 Å². The van der Waals surface area contributed by atoms with Crippen LogP contribution in [0, 0.1) is 6.92 Å². The summed E-state index contributed by atoms with van der Waals surface area (Å²) >= 11 is 2.95. The van der Waals surface area contributed by atoms with Crippen LogP contribution in [0.5, 0.6) is 0 Å². The molecule has 5 nitrogen and oxygen atoms in total. The topological polar surface area (TPSA) is 85.1 Å². The van der Waals surface area contributed by atoms with Crippen molar-refractivity contribution < 1.29 is 9.59 Å². The first-order valence-corrected chi connectivity index (χ1v) is 8.01. The second-order valence-electron chi connectivity index (χ2n) is 4.45. The standard InChI is InChI=1S/C14H15N3O2S2/c1-8-7-20-14(16-8)21-9(2)13(19)17-11-5-3-10(4-6-11)12(15)18/h3-7,9H,1-2H3,(H2,15,18)(H,17,19)/t9-/m0/s1. The number of carbonyl (C=O) groups is 2. The lowest BCUT2D eigenvalue weighted by Crippen LogP contribution is -2.22. The zero-order valence-electron chi connectivity index (χ0n) is 11.6. The molecule has 0 aliphatic carbocycles. The Labute approximate surface area is 131 Å². The number of thioether (sulfide) groups is 1. The van der Waals surface area contributed by atoms with E-state index in [0.29, 0.717) is 11.3 Å². The number of hydrogen-bond donors (Lipinski definition) is 2. The Bertz CT molecular complexity index is 652. The number of hydrogen-bond acceptors (Lipinski definition) is 5. The molecule has 1 atom stereocenters. The Morgan fingerprint density at radius 1 is 1.33 bits per heavy atom. The molecule has 1 aromatic carbocycles. The third-order valence-electron chi connectivity index (χ3n) is 2.68. The third kappa shape index (κ3) is 4.30. The molecule has 1 heterocycles. The molecular formula is C14H15N3O2S2. The summed E-state index contributed by atoms with van der Waals surface area (Å²) in [4.78, 5) is 27.4. The summed E-state index contributed by atoms with van der Waals surface area (Å²) in [6, 6.07) is 6.48. The van der Waals surface area contributed by atoms with Crippen LogP contribution >= 0.6 is 23.1 Å². The number of anilines is 1. The number of benzene rings is 1. The van der Waals surface area contributed by atoms with Crippen LogP contribution in [0.4, 0.5) is 5.69 Å². The van der Waals surface area contributed by atoms with Crippen molar-refractivity contribution in [1.82, 2.24) is 4.98 Å². The van der Waals surface area contributed by atoms with Crippen molar-refractivity contribution in [3.05, 3.63) is 40.9 Å². The largest absolute Gasteiger partial charge is 0.366 e. The molecular weight excluding hydrogens is 306 g/mol. The van der Waals surface area contributed by atoms with Gasteiger partial charge in [0.15, 0.2) is 4.34 Å². The molecule has 7 heteroatoms. The first-order valence-electron chi connectivity index (χ1n) is 6.25. The fraction of sp³-hybridized carbons (Fsp3) is 0.214. The van der Waals surface area contributed by atoms with Gasteiger partial charge >= 0.3 is 0 Å². The molecule has 2 rings (SSSR count). The molecule has 0 aliphatic rings. The highest BCUT2D eigenvalue weighted by molar-refractivity contribution is 8.02. The van der Waals surface area contributed by atoms with E-state index >= 15 is 0 Å². The predicted molar refractivity (Wildman–Crippen MR) is 85.8 cm³/mol. The Kier molecular flexibility index (Phi) is 4.98. The van der Waals surface area contributed by atoms with E-state index in [1.165, 1.54) is 23.1 Å². The van der Waals surface area contributed by atoms with Crippen LogP contribution in [0.25, 0.3) is 0 Å². The molecule has 0 saturated carbocycles. The minimum Gasteiger partial charge on any atom is -0.366 e. The van der Waals surface area contributed by atoms with E-state index in [0.717, 1.165) is 10.0 Å². The lowest BCUT2D eigenvalue weighted by molar-refractivity contribution is -0.115. The van der Waals surface area contributed by atoms with Gasteiger partial charge in [0, 0.05) is 22.3 Å². The monoisotopic (exact) mass is 321 g/mol. The first-order chi connectivity index (χ1) is 9.95. The Hall–Kier alpha value is -1.86. The van der Waals surface area contributed by atoms with Crippen molar-refractivity contribution >= 4 is 40.6 Å². The van der Waals surface area contributed by atoms with Crippen LogP contribution in [-0.4, -0.2) is 22.0 Å². The minimum atomic E-state index is -0.490. The van der Waals surface area contributed by atoms with E-state index in [9.17, 15) is 9.59 Å². The Morgan fingerprint density at radius 2 is 2.00 bits per heavy atom. The summed E-state index contributed by atoms with van der Waals surface area (Å²) in [6.07, 6.45) is 0. The number of nitrogens with two attached hydrogens (primary N) is 1. The van der Waals surface area contributed by atoms with E-state index in [4.69, 9.17) is 5.73 Å². The second-order valence-corrected chi connectivity index (χ2v) is 6.89. The van der Waals surface area contributed by atoms with Crippen molar-refractivity contribution in [3.8, 4) is 0 Å². The van der Waals surface area contributed by atoms with Gasteiger partial charge in [0.1, 0.15) is 0 Å². The first kappa shape index (κ1) is 15.5. The molecule has 1 aromatic heterocycles. The van der Waals surface area contributed by atoms with Crippen LogP contribution in [0.2, 0.25) is 0 Å². The number of carbonyl (C=O) groups excluding carboxylic acids is 2. The zero-order chi connectivity index (χ0) is 15.4. The smallest absolute Gasteiger partial charge is 0.248 e. The molecule has 0 radical (unpaired) electrons. The van der Waals surface area contributed by atoms with Crippen LogP contribution in [0.1, 0.15) is 23.0 Å². The van der Waals surface area contributed by atoms with Gasteiger partial charge in [-0.05, 0) is 38.1 Å². The number of thiazole rings is 1. The maximum absolute atomic E-state index is 12.1. The van der Waals surface area contributed by atoms with Crippen molar-refractivity contribution in [2.75, 3.05) is 5.32 Å². The van der Waals surface area contributed by atoms with Crippen LogP contribution in [-0.2, 0) is 4.79 Å². The Balaban J connectivity index is 1.95. The van der Waals surface area contributed by atoms with Crippen molar-refractivity contribution in [3.63, 3.8) is 0 Å². The quantitative estimate of drug-likeness (QED) is 0.829. The highest BCUT2D eigenvalue weighted by Gasteiger charge is 2.16. The molecule has 0 aliphatic heterocycles. The summed E-state index contributed by atoms with van der Waals surface area (Å²) in [7, 11) is 0. The van der Waals surface area contributed by atoms with Crippen molar-refractivity contribution in [2.45, 2.75) is 23.4 Å². The number of rotatable bonds is 5. The maximum Gasteiger partial charge on any atom is 0.248 e. The lowest BCUT2D eigenvalue weighted by atomic mass is 10.2. The van der Waals surface area contributed by atoms with E-state index in [-0.39, 0.29) is 11.2 Å². The fourth-order valence-corrected chi connectivity index (χ4v) is 3.54. The van der Waals surface area contributed by atoms with Gasteiger partial charge in [0.25, 0.3) is 0 Å². The average Bonchev–Trinajstić information content (AvgIpc) is 2.84. The number of nitrogens with one attached hydrogen (secondary N) is 1. The van der Waals surface area contributed by atoms with Gasteiger partial charge in [0.05, 0.1) is 5.25 Å². The zero-order valence-corrected chi connectivity index (χ0v) is 13.3. The van der Waals surface area contributed by atoms with Crippen molar-refractivity contribution in [2.24, 2.45) is 5.73 Å². The van der Waals surface area contributed by atoms with Gasteiger partial charge in [-0.2, -0.15) is 0 Å². The van der Waals surface area contributed by atoms with Gasteiger partial charge in [-0.25, -0.2) is 4.98 Å². The average molecular weight is 321 g/mol. The van der Waals surface area contributed by atoms with Crippen LogP contribution < -0.4 is 11.1 Å². The molecule has 0 fully saturated rings. The Morgan fingerprint density at radius 3 is 2.52 bits per heavy atom. The SMILES string of the molecule is Cc1csc(S[C@@H](C)C(=O)Nc2ccc(C(N)=O)cc2)n1. The van der Waals surface area contributed by atoms with E-state index in [1.807, 2.05) is 19.2 Å². The molecule has 110 valence electrons. The minimum absolute atomic E-state index is 0.111. The van der Waals surface area contributed by atoms with Crippen molar-refractivity contribution in [1.29, 1.82) is 0 Å². The molecule has 0 spiro atoms. The van der Waals surface area contributed by atoms with Gasteiger partial charge < -0.3 is 11.1 Å². The number of aryl methyl sites for hydroxylation is 1. The summed E-state index contributed by atoms with van der Waals surface area (Å²) < 4.78 is 0.874. The van der Waals surface area contributed by atoms with Crippen LogP contribution in [0.15, 0.2) is 34.0 Å². The third-order valence-corrected chi connectivity index (χ3v) is 4.87. The highest BCUT2D eigenvalue weighted by atomic mass is 32.2. The number of aromatic nitrogens is 1. The molecule has 0 bridgehead atoms. The van der Waals surface area contributed by atoms with Gasteiger partial charge in [-0.3, -0.25) is 9.59 Å². The lowest BCUT2D eigenvalue weighted by Gasteiger charge is -2.10. The normalized spacial score (nSPS) is 11.9. The summed E-state index contributed by atoms with van der Waals surface area (Å²) in [5.74, 6) is -0.601. The molecule has 2 aromatic rings. The molecule has 21 heavy (non-hydrogen) atoms. The number of nitrogens with zero attached hydrogens (tertiary/aromatic N) is 1. The van der Waals surface area contributed by atoms with E-state index in [2.05, 4.69) is 10.3 Å². The highest BCUT2D eigenvalue weighted by Crippen LogP contribution is 2.27. The fourth-order valence-electron chi connectivity index (χ4n) is 1.55. The summed E-state index contributed by atoms with van der Waals surface area (Å²) in [5.41, 5.74) is 7.16. The molecule has 0 saturated heterocycles. The second kappa shape index (κ2) is 6.73. The predicted octanol–water partition coefficient (Wildman–Crippen LogP) is 2.67.